The van der Waals surface area contributed by atoms with Gasteiger partial charge in [0.2, 0.25) is 5.91 Å². The lowest BCUT2D eigenvalue weighted by molar-refractivity contribution is -0.139. The van der Waals surface area contributed by atoms with Crippen molar-refractivity contribution in [3.63, 3.8) is 0 Å². The van der Waals surface area contributed by atoms with Crippen molar-refractivity contribution < 1.29 is 14.3 Å². The number of carbonyl (C=O) groups excluding carboxylic acids is 2. The molecule has 0 aliphatic heterocycles. The first kappa shape index (κ1) is 18.2. The Morgan fingerprint density at radius 3 is 2.64 bits per heavy atom. The van der Waals surface area contributed by atoms with E-state index in [1.165, 1.54) is 13.2 Å². The fourth-order valence-corrected chi connectivity index (χ4v) is 2.37. The molecular weight excluding hydrogens is 306 g/mol. The molecule has 0 aliphatic rings. The Morgan fingerprint density at radius 2 is 2.09 bits per heavy atom. The molecule has 7 nitrogen and oxygen atoms in total. The predicted molar refractivity (Wildman–Crippen MR) is 83.8 cm³/mol. The highest BCUT2D eigenvalue weighted by molar-refractivity contribution is 8.00. The molecule has 2 N–H and O–H groups in total. The van der Waals surface area contributed by atoms with Gasteiger partial charge in [0.05, 0.1) is 24.5 Å². The molecule has 0 bridgehead atoms. The van der Waals surface area contributed by atoms with Gasteiger partial charge in [-0.2, -0.15) is 0 Å². The van der Waals surface area contributed by atoms with Gasteiger partial charge in [-0.05, 0) is 27.7 Å². The number of hydrogen-bond acceptors (Lipinski definition) is 6. The number of carbonyl (C=O) groups is 2. The smallest absolute Gasteiger partial charge is 0.311 e. The Bertz CT molecular complexity index is 607. The van der Waals surface area contributed by atoms with Gasteiger partial charge in [0.1, 0.15) is 0 Å². The van der Waals surface area contributed by atoms with E-state index in [2.05, 4.69) is 20.0 Å². The third-order valence-corrected chi connectivity index (χ3v) is 3.47. The number of thioether (sulfide) groups is 1. The second kappa shape index (κ2) is 7.44. The number of nitrogens with one attached hydrogen (secondary N) is 2. The van der Waals surface area contributed by atoms with Crippen LogP contribution in [0.4, 0.5) is 0 Å². The minimum atomic E-state index is -0.479. The zero-order valence-corrected chi connectivity index (χ0v) is 14.2. The zero-order chi connectivity index (χ0) is 16.9. The summed E-state index contributed by atoms with van der Waals surface area (Å²) in [5.74, 6) is -0.633. The summed E-state index contributed by atoms with van der Waals surface area (Å²) in [5.41, 5.74) is -0.402. The van der Waals surface area contributed by atoms with Crippen LogP contribution in [0.15, 0.2) is 16.0 Å². The van der Waals surface area contributed by atoms with Crippen LogP contribution < -0.4 is 10.9 Å². The number of nitrogens with zero attached hydrogens (tertiary/aromatic N) is 1. The molecule has 22 heavy (non-hydrogen) atoms. The quantitative estimate of drug-likeness (QED) is 0.473. The Morgan fingerprint density at radius 1 is 1.45 bits per heavy atom. The van der Waals surface area contributed by atoms with Crippen LogP contribution in [0.25, 0.3) is 0 Å². The molecule has 1 aromatic rings. The molecule has 122 valence electrons. The minimum Gasteiger partial charge on any atom is -0.469 e. The first-order valence-corrected chi connectivity index (χ1v) is 7.64. The molecule has 0 spiro atoms. The maximum atomic E-state index is 12.0. The molecule has 0 radical (unpaired) electrons. The molecular formula is C14H21N3O4S. The van der Waals surface area contributed by atoms with Crippen molar-refractivity contribution in [2.24, 2.45) is 0 Å². The number of ether oxygens (including phenoxy) is 1. The topological polar surface area (TPSA) is 101 Å². The second-order valence-electron chi connectivity index (χ2n) is 5.79. The van der Waals surface area contributed by atoms with E-state index in [1.54, 1.807) is 6.92 Å². The van der Waals surface area contributed by atoms with Gasteiger partial charge < -0.3 is 15.0 Å². The molecule has 1 atom stereocenters. The van der Waals surface area contributed by atoms with E-state index < -0.39 is 11.2 Å². The summed E-state index contributed by atoms with van der Waals surface area (Å²) >= 11 is 1.12. The summed E-state index contributed by atoms with van der Waals surface area (Å²) in [7, 11) is 1.27. The maximum Gasteiger partial charge on any atom is 0.311 e. The van der Waals surface area contributed by atoms with Crippen LogP contribution in [-0.2, 0) is 20.7 Å². The number of aromatic amines is 1. The molecule has 0 saturated carbocycles. The Hall–Kier alpha value is -1.83. The third kappa shape index (κ3) is 6.30. The first-order valence-electron chi connectivity index (χ1n) is 6.76. The fraction of sp³-hybridized carbons (Fsp3) is 0.571. The van der Waals surface area contributed by atoms with Crippen LogP contribution in [0.1, 0.15) is 33.4 Å². The van der Waals surface area contributed by atoms with Crippen LogP contribution in [0.2, 0.25) is 0 Å². The first-order chi connectivity index (χ1) is 10.1. The molecule has 1 aromatic heterocycles. The van der Waals surface area contributed by atoms with E-state index in [4.69, 9.17) is 0 Å². The van der Waals surface area contributed by atoms with E-state index in [-0.39, 0.29) is 23.4 Å². The van der Waals surface area contributed by atoms with Crippen molar-refractivity contribution in [1.29, 1.82) is 0 Å². The number of esters is 1. The van der Waals surface area contributed by atoms with Crippen LogP contribution in [-0.4, -0.2) is 39.7 Å². The van der Waals surface area contributed by atoms with Crippen LogP contribution >= 0.6 is 11.8 Å². The number of aromatic nitrogens is 2. The lowest BCUT2D eigenvalue weighted by Crippen LogP contribution is -2.44. The van der Waals surface area contributed by atoms with Crippen LogP contribution in [0.3, 0.4) is 0 Å². The average Bonchev–Trinajstić information content (AvgIpc) is 2.35. The summed E-state index contributed by atoms with van der Waals surface area (Å²) < 4.78 is 4.55. The van der Waals surface area contributed by atoms with Gasteiger partial charge in [0, 0.05) is 11.6 Å². The Labute approximate surface area is 133 Å². The van der Waals surface area contributed by atoms with Crippen molar-refractivity contribution in [2.45, 2.75) is 50.1 Å². The van der Waals surface area contributed by atoms with E-state index >= 15 is 0 Å². The zero-order valence-electron chi connectivity index (χ0n) is 13.4. The summed E-state index contributed by atoms with van der Waals surface area (Å²) in [6, 6.07) is 1.24. The molecule has 0 saturated heterocycles. The molecule has 0 aromatic carbocycles. The van der Waals surface area contributed by atoms with Crippen LogP contribution in [0, 0.1) is 0 Å². The number of rotatable bonds is 5. The minimum absolute atomic E-state index is 0.0868. The summed E-state index contributed by atoms with van der Waals surface area (Å²) in [6.45, 7) is 7.39. The van der Waals surface area contributed by atoms with Crippen molar-refractivity contribution in [3.05, 3.63) is 22.1 Å². The largest absolute Gasteiger partial charge is 0.469 e. The fourth-order valence-electron chi connectivity index (χ4n) is 1.54. The van der Waals surface area contributed by atoms with E-state index in [0.29, 0.717) is 10.9 Å². The molecule has 1 amide bonds. The Kier molecular flexibility index (Phi) is 6.16. The summed E-state index contributed by atoms with van der Waals surface area (Å²) in [4.78, 5) is 41.6. The van der Waals surface area contributed by atoms with Crippen LogP contribution in [0.5, 0.6) is 0 Å². The molecule has 0 unspecified atom stereocenters. The highest BCUT2D eigenvalue weighted by Gasteiger charge is 2.21. The Balaban J connectivity index is 2.82. The van der Waals surface area contributed by atoms with Gasteiger partial charge in [-0.1, -0.05) is 11.8 Å². The van der Waals surface area contributed by atoms with Crippen molar-refractivity contribution in [2.75, 3.05) is 7.11 Å². The summed E-state index contributed by atoms with van der Waals surface area (Å²) in [5, 5.41) is 2.72. The van der Waals surface area contributed by atoms with Gasteiger partial charge in [0.25, 0.3) is 5.56 Å². The molecule has 1 heterocycles. The molecule has 0 fully saturated rings. The number of H-pyrrole nitrogens is 1. The van der Waals surface area contributed by atoms with Gasteiger partial charge in [0.15, 0.2) is 5.16 Å². The predicted octanol–water partition coefficient (Wildman–Crippen LogP) is 0.881. The normalized spacial score (nSPS) is 12.6. The lowest BCUT2D eigenvalue weighted by Gasteiger charge is -2.22. The third-order valence-electron chi connectivity index (χ3n) is 2.48. The van der Waals surface area contributed by atoms with Crippen molar-refractivity contribution >= 4 is 23.6 Å². The van der Waals surface area contributed by atoms with Crippen molar-refractivity contribution in [3.8, 4) is 0 Å². The average molecular weight is 327 g/mol. The number of methoxy groups -OCH3 is 1. The SMILES string of the molecule is COC(=O)Cc1cc(=O)[nH]c(S[C@@H](C)C(=O)NC(C)(C)C)n1. The highest BCUT2D eigenvalue weighted by Crippen LogP contribution is 2.19. The maximum absolute atomic E-state index is 12.0. The second-order valence-corrected chi connectivity index (χ2v) is 7.12. The van der Waals surface area contributed by atoms with E-state index in [0.717, 1.165) is 11.8 Å². The lowest BCUT2D eigenvalue weighted by atomic mass is 10.1. The van der Waals surface area contributed by atoms with E-state index in [1.807, 2.05) is 20.8 Å². The van der Waals surface area contributed by atoms with E-state index in [9.17, 15) is 14.4 Å². The molecule has 8 heteroatoms. The van der Waals surface area contributed by atoms with Gasteiger partial charge >= 0.3 is 5.97 Å². The van der Waals surface area contributed by atoms with Crippen molar-refractivity contribution in [1.82, 2.24) is 15.3 Å². The monoisotopic (exact) mass is 327 g/mol. The molecule has 1 rings (SSSR count). The molecule has 0 aliphatic carbocycles. The highest BCUT2D eigenvalue weighted by atomic mass is 32.2. The standard InChI is InChI=1S/C14H21N3O4S/c1-8(12(20)17-14(2,3)4)22-13-15-9(6-10(18)16-13)7-11(19)21-5/h6,8H,7H2,1-5H3,(H,17,20)(H,15,16,18)/t8-/m0/s1. The van der Waals surface area contributed by atoms with Gasteiger partial charge in [-0.15, -0.1) is 0 Å². The number of hydrogen-bond donors (Lipinski definition) is 2. The van der Waals surface area contributed by atoms with Gasteiger partial charge in [-0.25, -0.2) is 4.98 Å². The number of amides is 1. The van der Waals surface area contributed by atoms with Gasteiger partial charge in [-0.3, -0.25) is 14.4 Å². The summed E-state index contributed by atoms with van der Waals surface area (Å²) in [6.07, 6.45) is -0.0868.